The van der Waals surface area contributed by atoms with E-state index in [4.69, 9.17) is 4.74 Å². The number of hydrogen-bond acceptors (Lipinski definition) is 4. The maximum Gasteiger partial charge on any atom is 0.340 e. The van der Waals surface area contributed by atoms with Crippen LogP contribution in [-0.2, 0) is 4.74 Å². The second kappa shape index (κ2) is 4.53. The zero-order valence-corrected chi connectivity index (χ0v) is 9.28. The zero-order valence-electron chi connectivity index (χ0n) is 6.87. The highest BCUT2D eigenvalue weighted by molar-refractivity contribution is 9.11. The fourth-order valence-electron chi connectivity index (χ4n) is 0.793. The minimum atomic E-state index is -0.404. The molecule has 0 unspecified atom stereocenters. The van der Waals surface area contributed by atoms with Gasteiger partial charge in [-0.1, -0.05) is 0 Å². The van der Waals surface area contributed by atoms with Gasteiger partial charge in [0, 0.05) is 0 Å². The second-order valence-corrected chi connectivity index (χ2v) is 4.58. The van der Waals surface area contributed by atoms with Gasteiger partial charge in [-0.25, -0.2) is 4.79 Å². The Labute approximate surface area is 87.8 Å². The van der Waals surface area contributed by atoms with Crippen LogP contribution < -0.4 is 0 Å². The lowest BCUT2D eigenvalue weighted by Crippen LogP contribution is -2.03. The molecular weight excluding hydrogens is 256 g/mol. The van der Waals surface area contributed by atoms with Crippen molar-refractivity contribution in [3.05, 3.63) is 20.3 Å². The summed E-state index contributed by atoms with van der Waals surface area (Å²) in [6.07, 6.45) is 0.707. The molecule has 0 N–H and O–H groups in total. The van der Waals surface area contributed by atoms with E-state index in [1.54, 1.807) is 6.92 Å². The number of ether oxygens (including phenoxy) is 1. The van der Waals surface area contributed by atoms with Crippen LogP contribution in [0.3, 0.4) is 0 Å². The molecule has 1 rings (SSSR count). The third kappa shape index (κ3) is 2.38. The van der Waals surface area contributed by atoms with Crippen molar-refractivity contribution in [2.75, 3.05) is 6.61 Å². The molecule has 0 aromatic carbocycles. The molecule has 1 heterocycles. The fourth-order valence-corrected chi connectivity index (χ4v) is 2.31. The van der Waals surface area contributed by atoms with Gasteiger partial charge < -0.3 is 4.74 Å². The van der Waals surface area contributed by atoms with Gasteiger partial charge in [-0.3, -0.25) is 4.79 Å². The molecule has 1 aromatic heterocycles. The van der Waals surface area contributed by atoms with Crippen LogP contribution in [0.15, 0.2) is 9.85 Å². The van der Waals surface area contributed by atoms with Crippen LogP contribution in [0.25, 0.3) is 0 Å². The van der Waals surface area contributed by atoms with Gasteiger partial charge in [-0.15, -0.1) is 11.3 Å². The number of halogens is 1. The normalized spacial score (nSPS) is 9.69. The van der Waals surface area contributed by atoms with Gasteiger partial charge in [0.1, 0.15) is 0 Å². The molecule has 0 fully saturated rings. The Morgan fingerprint density at radius 2 is 2.46 bits per heavy atom. The number of hydrogen-bond donors (Lipinski definition) is 0. The summed E-state index contributed by atoms with van der Waals surface area (Å²) >= 11 is 4.40. The van der Waals surface area contributed by atoms with Crippen molar-refractivity contribution in [1.29, 1.82) is 0 Å². The zero-order chi connectivity index (χ0) is 9.84. The smallest absolute Gasteiger partial charge is 0.340 e. The largest absolute Gasteiger partial charge is 0.462 e. The summed E-state index contributed by atoms with van der Waals surface area (Å²) in [5.41, 5.74) is 0.411. The third-order valence-electron chi connectivity index (χ3n) is 1.32. The summed E-state index contributed by atoms with van der Waals surface area (Å²) in [5.74, 6) is -0.404. The average molecular weight is 263 g/mol. The number of aldehydes is 1. The molecular formula is C8H7BrO3S. The minimum Gasteiger partial charge on any atom is -0.462 e. The van der Waals surface area contributed by atoms with E-state index in [-0.39, 0.29) is 0 Å². The predicted octanol–water partition coefficient (Wildman–Crippen LogP) is 2.50. The first kappa shape index (κ1) is 10.4. The highest BCUT2D eigenvalue weighted by Crippen LogP contribution is 2.27. The second-order valence-electron chi connectivity index (χ2n) is 2.17. The van der Waals surface area contributed by atoms with Crippen LogP contribution >= 0.6 is 27.3 Å². The fraction of sp³-hybridized carbons (Fsp3) is 0.250. The van der Waals surface area contributed by atoms with Gasteiger partial charge in [0.05, 0.1) is 20.8 Å². The van der Waals surface area contributed by atoms with Gasteiger partial charge in [-0.2, -0.15) is 0 Å². The molecule has 13 heavy (non-hydrogen) atoms. The molecule has 0 aliphatic heterocycles. The summed E-state index contributed by atoms with van der Waals surface area (Å²) < 4.78 is 5.42. The van der Waals surface area contributed by atoms with Gasteiger partial charge in [0.25, 0.3) is 0 Å². The quantitative estimate of drug-likeness (QED) is 0.621. The first-order valence-corrected chi connectivity index (χ1v) is 5.21. The topological polar surface area (TPSA) is 43.4 Å². The van der Waals surface area contributed by atoms with Crippen molar-refractivity contribution in [1.82, 2.24) is 0 Å². The van der Waals surface area contributed by atoms with Crippen molar-refractivity contribution in [3.8, 4) is 0 Å². The first-order valence-electron chi connectivity index (χ1n) is 3.60. The standard InChI is InChI=1S/C8H7BrO3S/c1-2-12-8(11)6-3-5(4-10)13-7(6)9/h3-4H,2H2,1H3. The number of rotatable bonds is 3. The highest BCUT2D eigenvalue weighted by Gasteiger charge is 2.14. The van der Waals surface area contributed by atoms with E-state index in [0.717, 1.165) is 0 Å². The van der Waals surface area contributed by atoms with Crippen molar-refractivity contribution >= 4 is 39.5 Å². The van der Waals surface area contributed by atoms with Crippen molar-refractivity contribution in [2.45, 2.75) is 6.92 Å². The van der Waals surface area contributed by atoms with Gasteiger partial charge in [-0.05, 0) is 28.9 Å². The summed E-state index contributed by atoms with van der Waals surface area (Å²) in [6.45, 7) is 2.07. The molecule has 0 spiro atoms. The van der Waals surface area contributed by atoms with E-state index in [1.807, 2.05) is 0 Å². The van der Waals surface area contributed by atoms with Crippen molar-refractivity contribution < 1.29 is 14.3 Å². The summed E-state index contributed by atoms with van der Waals surface area (Å²) in [5, 5.41) is 0. The number of thiophene rings is 1. The minimum absolute atomic E-state index is 0.331. The Balaban J connectivity index is 2.93. The lowest BCUT2D eigenvalue weighted by molar-refractivity contribution is 0.0526. The maximum absolute atomic E-state index is 11.2. The van der Waals surface area contributed by atoms with Crippen LogP contribution in [0.1, 0.15) is 27.0 Å². The third-order valence-corrected chi connectivity index (χ3v) is 3.08. The van der Waals surface area contributed by atoms with Crippen LogP contribution in [0.2, 0.25) is 0 Å². The van der Waals surface area contributed by atoms with Gasteiger partial charge in [0.2, 0.25) is 0 Å². The molecule has 3 nitrogen and oxygen atoms in total. The summed E-state index contributed by atoms with van der Waals surface area (Å²) in [4.78, 5) is 22.1. The Kier molecular flexibility index (Phi) is 3.62. The molecule has 0 aliphatic rings. The molecule has 0 radical (unpaired) electrons. The van der Waals surface area contributed by atoms with E-state index < -0.39 is 5.97 Å². The summed E-state index contributed by atoms with van der Waals surface area (Å²) in [7, 11) is 0. The van der Waals surface area contributed by atoms with Gasteiger partial charge >= 0.3 is 5.97 Å². The van der Waals surface area contributed by atoms with Crippen molar-refractivity contribution in [2.24, 2.45) is 0 Å². The molecule has 70 valence electrons. The average Bonchev–Trinajstić information content (AvgIpc) is 2.47. The van der Waals surface area contributed by atoms with Crippen LogP contribution in [0.4, 0.5) is 0 Å². The Hall–Kier alpha value is -0.680. The van der Waals surface area contributed by atoms with Crippen molar-refractivity contribution in [3.63, 3.8) is 0 Å². The Morgan fingerprint density at radius 1 is 1.77 bits per heavy atom. The number of carbonyl (C=O) groups excluding carboxylic acids is 2. The van der Waals surface area contributed by atoms with Crippen LogP contribution in [-0.4, -0.2) is 18.9 Å². The SMILES string of the molecule is CCOC(=O)c1cc(C=O)sc1Br. The van der Waals surface area contributed by atoms with E-state index in [9.17, 15) is 9.59 Å². The summed E-state index contributed by atoms with van der Waals surface area (Å²) in [6, 6.07) is 1.51. The monoisotopic (exact) mass is 262 g/mol. The lowest BCUT2D eigenvalue weighted by atomic mass is 10.3. The molecule has 0 saturated heterocycles. The first-order chi connectivity index (χ1) is 6.19. The van der Waals surface area contributed by atoms with Gasteiger partial charge in [0.15, 0.2) is 6.29 Å². The van der Waals surface area contributed by atoms with E-state index in [2.05, 4.69) is 15.9 Å². The van der Waals surface area contributed by atoms with E-state index in [0.29, 0.717) is 27.1 Å². The molecule has 5 heteroatoms. The van der Waals surface area contributed by atoms with Crippen LogP contribution in [0.5, 0.6) is 0 Å². The molecule has 1 aromatic rings. The van der Waals surface area contributed by atoms with E-state index in [1.165, 1.54) is 17.4 Å². The maximum atomic E-state index is 11.2. The van der Waals surface area contributed by atoms with E-state index >= 15 is 0 Å². The Morgan fingerprint density at radius 3 is 2.92 bits per heavy atom. The Bertz CT molecular complexity index is 332. The molecule has 0 bridgehead atoms. The molecule has 0 saturated carbocycles. The molecule has 0 aliphatic carbocycles. The lowest BCUT2D eigenvalue weighted by Gasteiger charge is -1.97. The highest BCUT2D eigenvalue weighted by atomic mass is 79.9. The number of carbonyl (C=O) groups is 2. The number of esters is 1. The predicted molar refractivity (Wildman–Crippen MR) is 53.4 cm³/mol. The molecule has 0 atom stereocenters. The molecule has 0 amide bonds. The van der Waals surface area contributed by atoms with Crippen LogP contribution in [0, 0.1) is 0 Å².